The van der Waals surface area contributed by atoms with E-state index in [0.29, 0.717) is 18.1 Å². The number of hydrogen-bond donors (Lipinski definition) is 2. The zero-order valence-electron chi connectivity index (χ0n) is 10.7. The van der Waals surface area contributed by atoms with Crippen molar-refractivity contribution in [2.24, 2.45) is 0 Å². The van der Waals surface area contributed by atoms with E-state index in [1.807, 2.05) is 6.92 Å². The number of hydrogen-bond acceptors (Lipinski definition) is 4. The SMILES string of the molecule is CCc1cnc(CNC(=O)c2cc(F)cc(N)c2F)o1. The smallest absolute Gasteiger partial charge is 0.254 e. The van der Waals surface area contributed by atoms with Crippen molar-refractivity contribution in [3.63, 3.8) is 0 Å². The number of oxazole rings is 1. The van der Waals surface area contributed by atoms with Crippen molar-refractivity contribution in [2.75, 3.05) is 5.73 Å². The van der Waals surface area contributed by atoms with E-state index in [1.165, 1.54) is 0 Å². The molecule has 2 aromatic rings. The first kappa shape index (κ1) is 14.0. The Morgan fingerprint density at radius 3 is 2.85 bits per heavy atom. The number of carbonyl (C=O) groups excluding carboxylic acids is 1. The van der Waals surface area contributed by atoms with E-state index in [-0.39, 0.29) is 6.54 Å². The van der Waals surface area contributed by atoms with Crippen LogP contribution in [-0.2, 0) is 13.0 Å². The summed E-state index contributed by atoms with van der Waals surface area (Å²) < 4.78 is 32.0. The maximum atomic E-state index is 13.6. The van der Waals surface area contributed by atoms with Crippen molar-refractivity contribution in [1.29, 1.82) is 0 Å². The highest BCUT2D eigenvalue weighted by atomic mass is 19.1. The van der Waals surface area contributed by atoms with E-state index >= 15 is 0 Å². The molecule has 7 heteroatoms. The molecule has 0 aliphatic heterocycles. The molecule has 1 amide bonds. The molecule has 0 aliphatic rings. The maximum absolute atomic E-state index is 13.6. The first-order chi connectivity index (χ1) is 9.51. The minimum Gasteiger partial charge on any atom is -0.444 e. The molecule has 0 radical (unpaired) electrons. The topological polar surface area (TPSA) is 81.2 Å². The summed E-state index contributed by atoms with van der Waals surface area (Å²) in [6.45, 7) is 1.88. The Balaban J connectivity index is 2.09. The summed E-state index contributed by atoms with van der Waals surface area (Å²) in [7, 11) is 0. The van der Waals surface area contributed by atoms with Crippen molar-refractivity contribution in [3.05, 3.63) is 47.2 Å². The first-order valence-corrected chi connectivity index (χ1v) is 5.97. The summed E-state index contributed by atoms with van der Waals surface area (Å²) in [5, 5.41) is 2.39. The summed E-state index contributed by atoms with van der Waals surface area (Å²) in [6.07, 6.45) is 2.22. The number of nitrogens with two attached hydrogens (primary N) is 1. The zero-order chi connectivity index (χ0) is 14.7. The summed E-state index contributed by atoms with van der Waals surface area (Å²) in [6, 6.07) is 1.60. The van der Waals surface area contributed by atoms with Gasteiger partial charge in [0, 0.05) is 6.42 Å². The van der Waals surface area contributed by atoms with Crippen LogP contribution in [0.15, 0.2) is 22.7 Å². The molecule has 0 spiro atoms. The van der Waals surface area contributed by atoms with Crippen LogP contribution in [0.4, 0.5) is 14.5 Å². The minimum absolute atomic E-state index is 0.0192. The lowest BCUT2D eigenvalue weighted by atomic mass is 10.1. The third-order valence-corrected chi connectivity index (χ3v) is 2.66. The molecule has 0 atom stereocenters. The summed E-state index contributed by atoms with van der Waals surface area (Å²) in [5.41, 5.74) is 4.39. The van der Waals surface area contributed by atoms with Gasteiger partial charge in [-0.15, -0.1) is 0 Å². The molecule has 20 heavy (non-hydrogen) atoms. The Labute approximate surface area is 113 Å². The average molecular weight is 281 g/mol. The van der Waals surface area contributed by atoms with Crippen LogP contribution < -0.4 is 11.1 Å². The van der Waals surface area contributed by atoms with E-state index in [9.17, 15) is 13.6 Å². The van der Waals surface area contributed by atoms with E-state index < -0.39 is 28.8 Å². The second-order valence-corrected chi connectivity index (χ2v) is 4.11. The van der Waals surface area contributed by atoms with Gasteiger partial charge in [0.2, 0.25) is 5.89 Å². The van der Waals surface area contributed by atoms with Crippen LogP contribution in [0.1, 0.15) is 28.9 Å². The first-order valence-electron chi connectivity index (χ1n) is 5.97. The summed E-state index contributed by atoms with van der Waals surface area (Å²) in [5.74, 6) is -1.55. The molecule has 0 bridgehead atoms. The predicted molar refractivity (Wildman–Crippen MR) is 67.8 cm³/mol. The molecule has 1 aromatic carbocycles. The third kappa shape index (κ3) is 2.93. The fourth-order valence-corrected chi connectivity index (χ4v) is 1.62. The monoisotopic (exact) mass is 281 g/mol. The number of halogens is 2. The normalized spacial score (nSPS) is 10.6. The van der Waals surface area contributed by atoms with Crippen molar-refractivity contribution in [3.8, 4) is 0 Å². The van der Waals surface area contributed by atoms with Gasteiger partial charge in [-0.25, -0.2) is 13.8 Å². The van der Waals surface area contributed by atoms with Crippen molar-refractivity contribution in [1.82, 2.24) is 10.3 Å². The van der Waals surface area contributed by atoms with E-state index in [1.54, 1.807) is 6.20 Å². The molecule has 0 saturated carbocycles. The van der Waals surface area contributed by atoms with E-state index in [4.69, 9.17) is 10.2 Å². The van der Waals surface area contributed by atoms with Crippen LogP contribution >= 0.6 is 0 Å². The quantitative estimate of drug-likeness (QED) is 0.840. The van der Waals surface area contributed by atoms with Gasteiger partial charge in [0.25, 0.3) is 5.91 Å². The molecule has 0 unspecified atom stereocenters. The van der Waals surface area contributed by atoms with Gasteiger partial charge < -0.3 is 15.5 Å². The van der Waals surface area contributed by atoms with Crippen molar-refractivity contribution in [2.45, 2.75) is 19.9 Å². The second kappa shape index (κ2) is 5.68. The van der Waals surface area contributed by atoms with E-state index in [2.05, 4.69) is 10.3 Å². The summed E-state index contributed by atoms with van der Waals surface area (Å²) >= 11 is 0. The Morgan fingerprint density at radius 2 is 2.20 bits per heavy atom. The Hall–Kier alpha value is -2.44. The van der Waals surface area contributed by atoms with Gasteiger partial charge >= 0.3 is 0 Å². The lowest BCUT2D eigenvalue weighted by molar-refractivity contribution is 0.0942. The number of benzene rings is 1. The fraction of sp³-hybridized carbons (Fsp3) is 0.231. The molecular weight excluding hydrogens is 268 g/mol. The van der Waals surface area contributed by atoms with Crippen molar-refractivity contribution < 1.29 is 18.0 Å². The molecule has 0 saturated heterocycles. The minimum atomic E-state index is -0.953. The lowest BCUT2D eigenvalue weighted by Crippen LogP contribution is -2.24. The highest BCUT2D eigenvalue weighted by Gasteiger charge is 2.16. The predicted octanol–water partition coefficient (Wildman–Crippen LogP) is 2.03. The molecule has 3 N–H and O–H groups in total. The van der Waals surface area contributed by atoms with Gasteiger partial charge in [-0.05, 0) is 12.1 Å². The van der Waals surface area contributed by atoms with Crippen LogP contribution in [0.3, 0.4) is 0 Å². The second-order valence-electron chi connectivity index (χ2n) is 4.11. The highest BCUT2D eigenvalue weighted by molar-refractivity contribution is 5.95. The van der Waals surface area contributed by atoms with Crippen molar-refractivity contribution >= 4 is 11.6 Å². The molecule has 1 heterocycles. The molecule has 5 nitrogen and oxygen atoms in total. The highest BCUT2D eigenvalue weighted by Crippen LogP contribution is 2.17. The van der Waals surface area contributed by atoms with Crippen LogP contribution in [0.25, 0.3) is 0 Å². The molecule has 2 rings (SSSR count). The Morgan fingerprint density at radius 1 is 1.45 bits per heavy atom. The molecular formula is C13H13F2N3O2. The number of aryl methyl sites for hydroxylation is 1. The van der Waals surface area contributed by atoms with Gasteiger partial charge in [0.05, 0.1) is 24.0 Å². The maximum Gasteiger partial charge on any atom is 0.254 e. The summed E-state index contributed by atoms with van der Waals surface area (Å²) in [4.78, 5) is 15.7. The number of amides is 1. The lowest BCUT2D eigenvalue weighted by Gasteiger charge is -2.06. The van der Waals surface area contributed by atoms with Crippen LogP contribution in [-0.4, -0.2) is 10.9 Å². The number of rotatable bonds is 4. The largest absolute Gasteiger partial charge is 0.444 e. The van der Waals surface area contributed by atoms with Gasteiger partial charge in [-0.3, -0.25) is 4.79 Å². The number of nitrogens with zero attached hydrogens (tertiary/aromatic N) is 1. The zero-order valence-corrected chi connectivity index (χ0v) is 10.7. The third-order valence-electron chi connectivity index (χ3n) is 2.66. The van der Waals surface area contributed by atoms with Crippen LogP contribution in [0.2, 0.25) is 0 Å². The van der Waals surface area contributed by atoms with Crippen LogP contribution in [0, 0.1) is 11.6 Å². The fourth-order valence-electron chi connectivity index (χ4n) is 1.62. The molecule has 106 valence electrons. The Bertz CT molecular complexity index is 641. The molecule has 0 aliphatic carbocycles. The van der Waals surface area contributed by atoms with E-state index in [0.717, 1.165) is 12.1 Å². The molecule has 0 fully saturated rings. The number of nitrogens with one attached hydrogen (secondary N) is 1. The number of nitrogen functional groups attached to an aromatic ring is 1. The van der Waals surface area contributed by atoms with Gasteiger partial charge in [-0.2, -0.15) is 0 Å². The van der Waals surface area contributed by atoms with Gasteiger partial charge in [0.1, 0.15) is 11.6 Å². The number of aromatic nitrogens is 1. The molecule has 1 aromatic heterocycles. The van der Waals surface area contributed by atoms with Gasteiger partial charge in [-0.1, -0.05) is 6.92 Å². The average Bonchev–Trinajstić information content (AvgIpc) is 2.88. The number of carbonyl (C=O) groups is 1. The van der Waals surface area contributed by atoms with Gasteiger partial charge in [0.15, 0.2) is 5.82 Å². The van der Waals surface area contributed by atoms with Crippen LogP contribution in [0.5, 0.6) is 0 Å². The number of anilines is 1. The standard InChI is InChI=1S/C13H13F2N3O2/c1-2-8-5-17-11(20-8)6-18-13(19)9-3-7(14)4-10(16)12(9)15/h3-5H,2,6,16H2,1H3,(H,18,19). The Kier molecular flexibility index (Phi) is 3.97.